The number of para-hydroxylation sites is 1. The lowest BCUT2D eigenvalue weighted by Gasteiger charge is -2.41. The molecule has 2 amide bonds. The third kappa shape index (κ3) is 13.2. The molecule has 0 radical (unpaired) electrons. The minimum atomic E-state index is -4.61. The zero-order chi connectivity index (χ0) is 45.2. The Morgan fingerprint density at radius 2 is 1.73 bits per heavy atom. The van der Waals surface area contributed by atoms with Crippen molar-refractivity contribution in [2.45, 2.75) is 56.1 Å². The summed E-state index contributed by atoms with van der Waals surface area (Å²) in [6.07, 6.45) is -3.63. The largest absolute Gasteiger partial charge is 0.490 e. The Morgan fingerprint density at radius 3 is 2.47 bits per heavy atom. The van der Waals surface area contributed by atoms with Crippen LogP contribution in [0.3, 0.4) is 0 Å². The Labute approximate surface area is 380 Å². The number of alkyl halides is 3. The second-order valence-electron chi connectivity index (χ2n) is 15.6. The molecule has 5 aromatic rings. The molecule has 3 aromatic heterocycles. The first-order valence-electron chi connectivity index (χ1n) is 20.7. The van der Waals surface area contributed by atoms with Crippen molar-refractivity contribution < 1.29 is 56.0 Å². The standard InChI is InChI=1S/C38H41ClF3N5O6.C7H7BrO3/c39-27-15-26(17-43-18-27)33-11-10-29(53-33)20-46-12-13-47(31(21-46)37(51)44-23-38(40,41)42)19-28(48)16-25(14-24-6-2-1-3-7-24)36(50)45-35-30-8-4-5-9-34(30)52-22-32(35)49;8-6-2-1-5(11-6)7-9-3-4-10-7/h1-11,15,17-18,25,28,31-32,35,48-49H,12-14,16,19-23H2,(H,44,51)(H,45,50);1-2,7H,3-4H2/t25-,28+,31+,32-,35+;/m1./s1. The molecule has 0 bridgehead atoms. The van der Waals surface area contributed by atoms with E-state index in [4.69, 9.17) is 34.6 Å². The molecule has 19 heteroatoms. The molecule has 3 aliphatic rings. The van der Waals surface area contributed by atoms with Gasteiger partial charge in [0.05, 0.1) is 36.9 Å². The third-order valence-electron chi connectivity index (χ3n) is 10.9. The summed E-state index contributed by atoms with van der Waals surface area (Å²) in [6.45, 7) is 0.769. The number of hydrogen-bond donors (Lipinski definition) is 4. The predicted octanol–water partition coefficient (Wildman–Crippen LogP) is 6.47. The number of rotatable bonds is 14. The lowest BCUT2D eigenvalue weighted by molar-refractivity contribution is -0.143. The van der Waals surface area contributed by atoms with Gasteiger partial charge in [0, 0.05) is 55.6 Å². The van der Waals surface area contributed by atoms with Crippen molar-refractivity contribution >= 4 is 39.3 Å². The van der Waals surface area contributed by atoms with E-state index in [0.29, 0.717) is 57.8 Å². The van der Waals surface area contributed by atoms with Crippen LogP contribution in [0, 0.1) is 5.92 Å². The molecule has 6 heterocycles. The van der Waals surface area contributed by atoms with Crippen LogP contribution in [-0.2, 0) is 32.0 Å². The normalized spacial score (nSPS) is 20.3. The van der Waals surface area contributed by atoms with Crippen molar-refractivity contribution in [1.29, 1.82) is 0 Å². The first-order chi connectivity index (χ1) is 30.8. The fourth-order valence-electron chi connectivity index (χ4n) is 7.80. The van der Waals surface area contributed by atoms with E-state index in [-0.39, 0.29) is 57.8 Å². The fraction of sp³-hybridized carbons (Fsp3) is 0.400. The van der Waals surface area contributed by atoms with E-state index in [2.05, 4.69) is 26.2 Å². The van der Waals surface area contributed by atoms with Crippen LogP contribution in [0.25, 0.3) is 11.3 Å². The molecule has 342 valence electrons. The number of carbonyl (C=O) groups excluding carboxylic acids is 2. The quantitative estimate of drug-likeness (QED) is 0.0959. The summed E-state index contributed by atoms with van der Waals surface area (Å²) in [5, 5.41) is 27.6. The molecule has 8 rings (SSSR count). The maximum atomic E-state index is 13.9. The average Bonchev–Trinajstić information content (AvgIpc) is 4.08. The molecule has 2 aromatic carbocycles. The number of ether oxygens (including phenoxy) is 3. The van der Waals surface area contributed by atoms with Gasteiger partial charge in [-0.3, -0.25) is 24.4 Å². The van der Waals surface area contributed by atoms with Crippen LogP contribution in [0.1, 0.15) is 41.4 Å². The number of nitrogens with one attached hydrogen (secondary N) is 2. The van der Waals surface area contributed by atoms with E-state index in [9.17, 15) is 33.0 Å². The van der Waals surface area contributed by atoms with Crippen LogP contribution < -0.4 is 15.4 Å². The second-order valence-corrected chi connectivity index (χ2v) is 16.8. The Morgan fingerprint density at radius 1 is 0.969 bits per heavy atom. The Balaban J connectivity index is 0.000000481. The lowest BCUT2D eigenvalue weighted by Crippen LogP contribution is -2.60. The molecular weight excluding hydrogens is 927 g/mol. The van der Waals surface area contributed by atoms with Crippen molar-refractivity contribution in [3.8, 4) is 17.1 Å². The maximum Gasteiger partial charge on any atom is 0.405 e. The van der Waals surface area contributed by atoms with E-state index in [1.165, 1.54) is 6.20 Å². The lowest BCUT2D eigenvalue weighted by atomic mass is 9.90. The van der Waals surface area contributed by atoms with Gasteiger partial charge in [0.2, 0.25) is 18.1 Å². The fourth-order valence-corrected chi connectivity index (χ4v) is 8.30. The highest BCUT2D eigenvalue weighted by Crippen LogP contribution is 2.33. The summed E-state index contributed by atoms with van der Waals surface area (Å²) < 4.78 is 67.4. The number of aliphatic hydroxyl groups excluding tert-OH is 2. The highest BCUT2D eigenvalue weighted by atomic mass is 79.9. The number of pyridine rings is 1. The van der Waals surface area contributed by atoms with Gasteiger partial charge in [0.15, 0.2) is 10.4 Å². The van der Waals surface area contributed by atoms with Gasteiger partial charge < -0.3 is 43.9 Å². The van der Waals surface area contributed by atoms with Gasteiger partial charge in [-0.05, 0) is 70.7 Å². The van der Waals surface area contributed by atoms with Crippen LogP contribution >= 0.6 is 27.5 Å². The summed E-state index contributed by atoms with van der Waals surface area (Å²) >= 11 is 9.27. The molecule has 4 N–H and O–H groups in total. The van der Waals surface area contributed by atoms with Gasteiger partial charge in [0.1, 0.15) is 42.6 Å². The average molecular weight is 975 g/mol. The van der Waals surface area contributed by atoms with Crippen molar-refractivity contribution in [2.75, 3.05) is 52.5 Å². The first-order valence-corrected chi connectivity index (χ1v) is 21.9. The van der Waals surface area contributed by atoms with Gasteiger partial charge >= 0.3 is 6.18 Å². The number of amides is 2. The molecule has 0 aliphatic carbocycles. The number of fused-ring (bicyclic) bond motifs is 1. The molecule has 64 heavy (non-hydrogen) atoms. The number of halogens is 5. The smallest absolute Gasteiger partial charge is 0.405 e. The molecule has 2 fully saturated rings. The summed E-state index contributed by atoms with van der Waals surface area (Å²) in [7, 11) is 0. The highest BCUT2D eigenvalue weighted by Gasteiger charge is 2.38. The Hall–Kier alpha value is -4.79. The van der Waals surface area contributed by atoms with E-state index in [1.807, 2.05) is 52.7 Å². The summed E-state index contributed by atoms with van der Waals surface area (Å²) in [5.41, 5.74) is 2.18. The summed E-state index contributed by atoms with van der Waals surface area (Å²) in [6, 6.07) is 23.6. The summed E-state index contributed by atoms with van der Waals surface area (Å²) in [4.78, 5) is 34.8. The number of aromatic nitrogens is 1. The molecule has 0 saturated carbocycles. The zero-order valence-corrected chi connectivity index (χ0v) is 36.8. The van der Waals surface area contributed by atoms with Gasteiger partial charge in [-0.1, -0.05) is 60.1 Å². The second kappa shape index (κ2) is 21.9. The van der Waals surface area contributed by atoms with E-state index in [1.54, 1.807) is 53.6 Å². The number of carbonyl (C=O) groups is 2. The van der Waals surface area contributed by atoms with Crippen LogP contribution in [-0.4, -0.2) is 114 Å². The highest BCUT2D eigenvalue weighted by molar-refractivity contribution is 9.10. The molecule has 5 atom stereocenters. The molecule has 14 nitrogen and oxygen atoms in total. The van der Waals surface area contributed by atoms with E-state index in [0.717, 1.165) is 11.3 Å². The number of aliphatic hydroxyl groups is 2. The predicted molar refractivity (Wildman–Crippen MR) is 231 cm³/mol. The van der Waals surface area contributed by atoms with Gasteiger partial charge in [-0.25, -0.2) is 0 Å². The van der Waals surface area contributed by atoms with Gasteiger partial charge in [-0.15, -0.1) is 0 Å². The summed E-state index contributed by atoms with van der Waals surface area (Å²) in [5.74, 6) is 0.448. The minimum absolute atomic E-state index is 0.00182. The van der Waals surface area contributed by atoms with Crippen LogP contribution in [0.2, 0.25) is 5.02 Å². The van der Waals surface area contributed by atoms with E-state index >= 15 is 0 Å². The van der Waals surface area contributed by atoms with Crippen molar-refractivity contribution in [3.63, 3.8) is 0 Å². The SMILES string of the molecule is Brc1ccc(C2OCCO2)o1.O=C(N[C@H]1c2ccccc2OC[C@H]1O)[C@H](Cc1ccccc1)C[C@H](O)CN1CCN(Cc2ccc(-c3cncc(Cl)c3)o2)C[C@H]1C(=O)NCC(F)(F)F. The number of piperazine rings is 1. The van der Waals surface area contributed by atoms with Gasteiger partial charge in [-0.2, -0.15) is 13.2 Å². The molecule has 0 unspecified atom stereocenters. The monoisotopic (exact) mass is 973 g/mol. The minimum Gasteiger partial charge on any atom is -0.490 e. The topological polar surface area (TPSA) is 172 Å². The first kappa shape index (κ1) is 47.2. The van der Waals surface area contributed by atoms with E-state index < -0.39 is 48.8 Å². The number of β-amino-alcohol motifs (C(OH)–C–C–N with tert-alkyl or cyclic N) is 1. The van der Waals surface area contributed by atoms with Crippen molar-refractivity contribution in [2.24, 2.45) is 5.92 Å². The van der Waals surface area contributed by atoms with Crippen LogP contribution in [0.15, 0.2) is 111 Å². The Kier molecular flexibility index (Phi) is 16.2. The third-order valence-corrected chi connectivity index (χ3v) is 11.5. The molecular formula is C45H48BrClF3N5O9. The van der Waals surface area contributed by atoms with Crippen LogP contribution in [0.5, 0.6) is 5.75 Å². The van der Waals surface area contributed by atoms with Crippen molar-refractivity contribution in [1.82, 2.24) is 25.4 Å². The van der Waals surface area contributed by atoms with Crippen molar-refractivity contribution in [3.05, 3.63) is 130 Å². The number of hydrogen-bond acceptors (Lipinski definition) is 12. The number of furan rings is 2. The molecule has 3 aliphatic heterocycles. The van der Waals surface area contributed by atoms with Gasteiger partial charge in [0.25, 0.3) is 0 Å². The maximum absolute atomic E-state index is 13.9. The Bertz CT molecular complexity index is 2300. The number of nitrogens with zero attached hydrogens (tertiary/aromatic N) is 3. The zero-order valence-electron chi connectivity index (χ0n) is 34.5. The van der Waals surface area contributed by atoms with Crippen LogP contribution in [0.4, 0.5) is 13.2 Å². The molecule has 2 saturated heterocycles. The number of benzene rings is 2. The molecule has 0 spiro atoms.